The van der Waals surface area contributed by atoms with Crippen molar-refractivity contribution in [1.82, 2.24) is 14.8 Å². The van der Waals surface area contributed by atoms with Crippen LogP contribution in [0.5, 0.6) is 0 Å². The number of hydrogen-bond acceptors (Lipinski definition) is 5. The van der Waals surface area contributed by atoms with Gasteiger partial charge >= 0.3 is 6.09 Å². The molecule has 1 atom stereocenters. The Labute approximate surface area is 143 Å². The van der Waals surface area contributed by atoms with Gasteiger partial charge in [0.2, 0.25) is 0 Å². The van der Waals surface area contributed by atoms with Crippen LogP contribution in [0.3, 0.4) is 0 Å². The van der Waals surface area contributed by atoms with E-state index in [2.05, 4.69) is 24.1 Å². The van der Waals surface area contributed by atoms with Gasteiger partial charge in [-0.05, 0) is 26.3 Å². The normalized spacial score (nSPS) is 15.8. The maximum absolute atomic E-state index is 12.6. The lowest BCUT2D eigenvalue weighted by atomic mass is 10.2. The molecule has 1 aromatic rings. The number of carbonyl (C=O) groups excluding carboxylic acids is 2. The third-order valence-corrected chi connectivity index (χ3v) is 4.10. The number of pyridine rings is 1. The van der Waals surface area contributed by atoms with Gasteiger partial charge in [-0.25, -0.2) is 4.79 Å². The first-order valence-electron chi connectivity index (χ1n) is 8.47. The summed E-state index contributed by atoms with van der Waals surface area (Å²) in [6.07, 6.45) is 3.99. The van der Waals surface area contributed by atoms with Gasteiger partial charge in [-0.2, -0.15) is 0 Å². The molecule has 1 aliphatic rings. The third-order valence-electron chi connectivity index (χ3n) is 4.10. The predicted molar refractivity (Wildman–Crippen MR) is 92.1 cm³/mol. The number of nitrogens with zero attached hydrogens (tertiary/aromatic N) is 3. The second-order valence-corrected chi connectivity index (χ2v) is 5.89. The first-order chi connectivity index (χ1) is 11.5. The summed E-state index contributed by atoms with van der Waals surface area (Å²) in [6, 6.07) is 2.16. The predicted octanol–water partition coefficient (Wildman–Crippen LogP) is 2.21. The van der Waals surface area contributed by atoms with Crippen molar-refractivity contribution in [3.05, 3.63) is 24.0 Å². The molecule has 1 aromatic heterocycles. The van der Waals surface area contributed by atoms with Crippen molar-refractivity contribution in [3.8, 4) is 0 Å². The van der Waals surface area contributed by atoms with Gasteiger partial charge in [0.1, 0.15) is 0 Å². The van der Waals surface area contributed by atoms with E-state index in [4.69, 9.17) is 4.74 Å². The van der Waals surface area contributed by atoms with Crippen LogP contribution >= 0.6 is 0 Å². The molecule has 0 aliphatic carbocycles. The maximum atomic E-state index is 12.6. The van der Waals surface area contributed by atoms with Crippen molar-refractivity contribution in [2.75, 3.05) is 38.1 Å². The largest absolute Gasteiger partial charge is 0.450 e. The SMILES string of the molecule is CCOC(=O)N1CCN(C(=O)c2cncc(NC(C)CC)c2)CC1. The van der Waals surface area contributed by atoms with Crippen LogP contribution in [-0.2, 0) is 4.74 Å². The molecule has 0 radical (unpaired) electrons. The Morgan fingerprint density at radius 2 is 1.88 bits per heavy atom. The number of carbonyl (C=O) groups is 2. The molecular formula is C17H26N4O3. The molecule has 7 nitrogen and oxygen atoms in total. The molecule has 2 amide bonds. The number of hydrogen-bond donors (Lipinski definition) is 1. The molecule has 0 saturated carbocycles. The first kappa shape index (κ1) is 18.0. The summed E-state index contributed by atoms with van der Waals surface area (Å²) in [5, 5.41) is 3.32. The topological polar surface area (TPSA) is 74.8 Å². The van der Waals surface area contributed by atoms with Crippen molar-refractivity contribution in [1.29, 1.82) is 0 Å². The van der Waals surface area contributed by atoms with E-state index in [0.717, 1.165) is 12.1 Å². The van der Waals surface area contributed by atoms with Crippen molar-refractivity contribution in [3.63, 3.8) is 0 Å². The molecule has 132 valence electrons. The number of ether oxygens (including phenoxy) is 1. The second-order valence-electron chi connectivity index (χ2n) is 5.89. The average molecular weight is 334 g/mol. The summed E-state index contributed by atoms with van der Waals surface area (Å²) in [5.41, 5.74) is 1.41. The summed E-state index contributed by atoms with van der Waals surface area (Å²) < 4.78 is 4.99. The van der Waals surface area contributed by atoms with E-state index in [-0.39, 0.29) is 12.0 Å². The Kier molecular flexibility index (Phi) is 6.40. The molecule has 7 heteroatoms. The molecule has 1 saturated heterocycles. The minimum atomic E-state index is -0.314. The van der Waals surface area contributed by atoms with Crippen LogP contribution in [-0.4, -0.2) is 65.6 Å². The van der Waals surface area contributed by atoms with Crippen LogP contribution in [0, 0.1) is 0 Å². The van der Waals surface area contributed by atoms with Gasteiger partial charge in [-0.3, -0.25) is 9.78 Å². The standard InChI is InChI=1S/C17H26N4O3/c1-4-13(3)19-15-10-14(11-18-12-15)16(22)20-6-8-21(9-7-20)17(23)24-5-2/h10-13,19H,4-9H2,1-3H3. The lowest BCUT2D eigenvalue weighted by Crippen LogP contribution is -2.50. The fourth-order valence-electron chi connectivity index (χ4n) is 2.51. The average Bonchev–Trinajstić information content (AvgIpc) is 2.61. The molecule has 0 bridgehead atoms. The number of anilines is 1. The van der Waals surface area contributed by atoms with E-state index in [1.165, 1.54) is 0 Å². The number of nitrogens with one attached hydrogen (secondary N) is 1. The van der Waals surface area contributed by atoms with Gasteiger partial charge in [-0.1, -0.05) is 6.92 Å². The minimum absolute atomic E-state index is 0.0567. The highest BCUT2D eigenvalue weighted by Crippen LogP contribution is 2.14. The number of rotatable bonds is 5. The molecule has 1 N–H and O–H groups in total. The van der Waals surface area contributed by atoms with Crippen molar-refractivity contribution >= 4 is 17.7 Å². The highest BCUT2D eigenvalue weighted by Gasteiger charge is 2.25. The molecular weight excluding hydrogens is 308 g/mol. The summed E-state index contributed by atoms with van der Waals surface area (Å²) in [5.74, 6) is -0.0567. The van der Waals surface area contributed by atoms with E-state index >= 15 is 0 Å². The fourth-order valence-corrected chi connectivity index (χ4v) is 2.51. The number of aromatic nitrogens is 1. The summed E-state index contributed by atoms with van der Waals surface area (Å²) >= 11 is 0. The lowest BCUT2D eigenvalue weighted by Gasteiger charge is -2.34. The molecule has 1 unspecified atom stereocenters. The zero-order valence-corrected chi connectivity index (χ0v) is 14.6. The molecule has 2 rings (SSSR count). The molecule has 0 aromatic carbocycles. The quantitative estimate of drug-likeness (QED) is 0.893. The summed E-state index contributed by atoms with van der Waals surface area (Å²) in [6.45, 7) is 8.31. The molecule has 1 aliphatic heterocycles. The maximum Gasteiger partial charge on any atom is 0.409 e. The smallest absolute Gasteiger partial charge is 0.409 e. The number of amides is 2. The first-order valence-corrected chi connectivity index (χ1v) is 8.47. The molecule has 24 heavy (non-hydrogen) atoms. The Morgan fingerprint density at radius 3 is 2.50 bits per heavy atom. The summed E-state index contributed by atoms with van der Waals surface area (Å²) in [7, 11) is 0. The molecule has 2 heterocycles. The van der Waals surface area contributed by atoms with Crippen LogP contribution < -0.4 is 5.32 Å². The van der Waals surface area contributed by atoms with Gasteiger partial charge in [-0.15, -0.1) is 0 Å². The van der Waals surface area contributed by atoms with Gasteiger partial charge in [0, 0.05) is 44.6 Å². The summed E-state index contributed by atoms with van der Waals surface area (Å²) in [4.78, 5) is 31.9. The Bertz CT molecular complexity index is 571. The van der Waals surface area contributed by atoms with E-state index in [1.54, 1.807) is 29.1 Å². The van der Waals surface area contributed by atoms with E-state index < -0.39 is 0 Å². The highest BCUT2D eigenvalue weighted by molar-refractivity contribution is 5.95. The Morgan fingerprint density at radius 1 is 1.21 bits per heavy atom. The minimum Gasteiger partial charge on any atom is -0.450 e. The van der Waals surface area contributed by atoms with Crippen molar-refractivity contribution in [2.24, 2.45) is 0 Å². The number of piperazine rings is 1. The van der Waals surface area contributed by atoms with Crippen molar-refractivity contribution in [2.45, 2.75) is 33.2 Å². The lowest BCUT2D eigenvalue weighted by molar-refractivity contribution is 0.0570. The van der Waals surface area contributed by atoms with Crippen molar-refractivity contribution < 1.29 is 14.3 Å². The fraction of sp³-hybridized carbons (Fsp3) is 0.588. The van der Waals surface area contributed by atoms with Gasteiger partial charge < -0.3 is 19.9 Å². The molecule has 0 spiro atoms. The zero-order valence-electron chi connectivity index (χ0n) is 14.6. The Balaban J connectivity index is 1.95. The molecule has 1 fully saturated rings. The third kappa shape index (κ3) is 4.59. The highest BCUT2D eigenvalue weighted by atomic mass is 16.6. The van der Waals surface area contributed by atoms with Gasteiger partial charge in [0.25, 0.3) is 5.91 Å². The monoisotopic (exact) mass is 334 g/mol. The van der Waals surface area contributed by atoms with Crippen LogP contribution in [0.25, 0.3) is 0 Å². The van der Waals surface area contributed by atoms with Gasteiger partial charge in [0.05, 0.1) is 17.9 Å². The van der Waals surface area contributed by atoms with Crippen LogP contribution in [0.15, 0.2) is 18.5 Å². The van der Waals surface area contributed by atoms with Gasteiger partial charge in [0.15, 0.2) is 0 Å². The van der Waals surface area contributed by atoms with E-state index in [0.29, 0.717) is 44.4 Å². The van der Waals surface area contributed by atoms with E-state index in [9.17, 15) is 9.59 Å². The Hall–Kier alpha value is -2.31. The van der Waals surface area contributed by atoms with Crippen LogP contribution in [0.1, 0.15) is 37.6 Å². The van der Waals surface area contributed by atoms with E-state index in [1.807, 2.05) is 6.07 Å². The van der Waals surface area contributed by atoms with Crippen LogP contribution in [0.2, 0.25) is 0 Å². The second kappa shape index (κ2) is 8.52. The van der Waals surface area contributed by atoms with Crippen LogP contribution in [0.4, 0.5) is 10.5 Å². The zero-order chi connectivity index (χ0) is 17.5.